The normalized spacial score (nSPS) is 17.7. The van der Waals surface area contributed by atoms with Crippen LogP contribution in [0.4, 0.5) is 5.69 Å². The highest BCUT2D eigenvalue weighted by Gasteiger charge is 2.47. The fourth-order valence-corrected chi connectivity index (χ4v) is 4.73. The quantitative estimate of drug-likeness (QED) is 0.210. The van der Waals surface area contributed by atoms with Crippen LogP contribution in [0, 0.1) is 0 Å². The highest BCUT2D eigenvalue weighted by atomic mass is 16.5. The Morgan fingerprint density at radius 3 is 2.25 bits per heavy atom. The van der Waals surface area contributed by atoms with Crippen LogP contribution in [-0.4, -0.2) is 28.9 Å². The van der Waals surface area contributed by atoms with Gasteiger partial charge in [0, 0.05) is 28.4 Å². The minimum Gasteiger partial charge on any atom is -0.507 e. The number of ether oxygens (including phenoxy) is 1. The first kappa shape index (κ1) is 23.4. The first-order valence-electron chi connectivity index (χ1n) is 11.8. The molecule has 3 aromatic carbocycles. The molecule has 1 saturated heterocycles. The van der Waals surface area contributed by atoms with E-state index in [9.17, 15) is 14.7 Å². The van der Waals surface area contributed by atoms with E-state index in [2.05, 4.69) is 25.8 Å². The highest BCUT2D eigenvalue weighted by Crippen LogP contribution is 2.43. The van der Waals surface area contributed by atoms with Crippen molar-refractivity contribution in [1.29, 1.82) is 0 Å². The molecule has 6 nitrogen and oxygen atoms in total. The summed E-state index contributed by atoms with van der Waals surface area (Å²) in [6.07, 6.45) is 1.67. The molecular formula is C30H28N2O4. The maximum absolute atomic E-state index is 13.5. The number of aliphatic hydroxyl groups is 1. The fraction of sp³-hybridized carbons (Fsp3) is 0.200. The molecule has 36 heavy (non-hydrogen) atoms. The summed E-state index contributed by atoms with van der Waals surface area (Å²) in [4.78, 5) is 31.4. The van der Waals surface area contributed by atoms with Gasteiger partial charge >= 0.3 is 0 Å². The van der Waals surface area contributed by atoms with Crippen molar-refractivity contribution in [2.75, 3.05) is 12.0 Å². The summed E-state index contributed by atoms with van der Waals surface area (Å²) in [5, 5.41) is 12.3. The Hall–Kier alpha value is -4.32. The van der Waals surface area contributed by atoms with E-state index in [1.165, 1.54) is 4.90 Å². The largest absolute Gasteiger partial charge is 0.507 e. The van der Waals surface area contributed by atoms with Crippen LogP contribution in [0.15, 0.2) is 84.6 Å². The van der Waals surface area contributed by atoms with Crippen molar-refractivity contribution in [1.82, 2.24) is 4.98 Å². The molecule has 182 valence electrons. The van der Waals surface area contributed by atoms with Gasteiger partial charge in [-0.1, -0.05) is 63.2 Å². The summed E-state index contributed by atoms with van der Waals surface area (Å²) in [7, 11) is 1.57. The SMILES string of the molecule is COc1ccc(N2C(=O)C(=O)/C(=C(\O)c3c[nH]c4ccccc34)C2c2ccc(C(C)(C)C)cc2)cc1. The zero-order chi connectivity index (χ0) is 25.6. The molecule has 4 aromatic rings. The van der Waals surface area contributed by atoms with Gasteiger partial charge in [-0.2, -0.15) is 0 Å². The van der Waals surface area contributed by atoms with Crippen LogP contribution in [0.5, 0.6) is 5.75 Å². The van der Waals surface area contributed by atoms with Crippen molar-refractivity contribution in [2.24, 2.45) is 0 Å². The maximum Gasteiger partial charge on any atom is 0.300 e. The number of carbonyl (C=O) groups is 2. The molecule has 1 aliphatic rings. The predicted molar refractivity (Wildman–Crippen MR) is 141 cm³/mol. The van der Waals surface area contributed by atoms with E-state index in [1.54, 1.807) is 37.6 Å². The molecular weight excluding hydrogens is 452 g/mol. The number of fused-ring (bicyclic) bond motifs is 1. The summed E-state index contributed by atoms with van der Waals surface area (Å²) < 4.78 is 5.26. The van der Waals surface area contributed by atoms with Gasteiger partial charge in [0.15, 0.2) is 0 Å². The molecule has 0 spiro atoms. The molecule has 2 heterocycles. The van der Waals surface area contributed by atoms with Crippen molar-refractivity contribution < 1.29 is 19.4 Å². The molecule has 0 radical (unpaired) electrons. The van der Waals surface area contributed by atoms with E-state index in [0.29, 0.717) is 17.0 Å². The van der Waals surface area contributed by atoms with E-state index in [-0.39, 0.29) is 16.7 Å². The summed E-state index contributed by atoms with van der Waals surface area (Å²) >= 11 is 0. The number of anilines is 1. The number of carbonyl (C=O) groups excluding carboxylic acids is 2. The lowest BCUT2D eigenvalue weighted by atomic mass is 9.85. The number of aromatic amines is 1. The monoisotopic (exact) mass is 480 g/mol. The zero-order valence-corrected chi connectivity index (χ0v) is 20.7. The van der Waals surface area contributed by atoms with Crippen LogP contribution in [0.25, 0.3) is 16.7 Å². The molecule has 1 amide bonds. The van der Waals surface area contributed by atoms with Crippen molar-refractivity contribution in [3.05, 3.63) is 101 Å². The third-order valence-corrected chi connectivity index (χ3v) is 6.73. The zero-order valence-electron chi connectivity index (χ0n) is 20.7. The smallest absolute Gasteiger partial charge is 0.300 e. The number of nitrogens with one attached hydrogen (secondary N) is 1. The third-order valence-electron chi connectivity index (χ3n) is 6.73. The predicted octanol–water partition coefficient (Wildman–Crippen LogP) is 6.10. The lowest BCUT2D eigenvalue weighted by Crippen LogP contribution is -2.29. The number of ketones is 1. The molecule has 0 aliphatic carbocycles. The Labute approximate surface area is 209 Å². The van der Waals surface area contributed by atoms with Crippen molar-refractivity contribution >= 4 is 34.0 Å². The average molecular weight is 481 g/mol. The van der Waals surface area contributed by atoms with Crippen molar-refractivity contribution in [3.63, 3.8) is 0 Å². The van der Waals surface area contributed by atoms with Gasteiger partial charge < -0.3 is 14.8 Å². The van der Waals surface area contributed by atoms with Crippen molar-refractivity contribution in [3.8, 4) is 5.75 Å². The number of hydrogen-bond acceptors (Lipinski definition) is 4. The van der Waals surface area contributed by atoms with E-state index >= 15 is 0 Å². The Morgan fingerprint density at radius 2 is 1.61 bits per heavy atom. The van der Waals surface area contributed by atoms with Gasteiger partial charge in [-0.25, -0.2) is 0 Å². The Balaban J connectivity index is 1.72. The second-order valence-electron chi connectivity index (χ2n) is 9.99. The summed E-state index contributed by atoms with van der Waals surface area (Å²) in [5.41, 5.74) is 3.72. The molecule has 5 rings (SSSR count). The van der Waals surface area contributed by atoms with Gasteiger partial charge in [0.05, 0.1) is 18.7 Å². The first-order chi connectivity index (χ1) is 17.2. The standard InChI is InChI=1S/C30H28N2O4/c1-30(2,3)19-11-9-18(10-12-19)26-25(27(33)23-17-31-24-8-6-5-7-22(23)24)28(34)29(35)32(26)20-13-15-21(36-4)16-14-20/h5-17,26,31,33H,1-4H3/b27-25-. The first-order valence-corrected chi connectivity index (χ1v) is 11.8. The molecule has 1 aliphatic heterocycles. The second-order valence-corrected chi connectivity index (χ2v) is 9.99. The van der Waals surface area contributed by atoms with Gasteiger partial charge in [-0.15, -0.1) is 0 Å². The fourth-order valence-electron chi connectivity index (χ4n) is 4.73. The second kappa shape index (κ2) is 8.72. The maximum atomic E-state index is 13.5. The number of Topliss-reactive ketones (excluding diaryl/α,β-unsaturated/α-hetero) is 1. The van der Waals surface area contributed by atoms with Crippen LogP contribution in [0.3, 0.4) is 0 Å². The number of hydrogen-bond donors (Lipinski definition) is 2. The van der Waals surface area contributed by atoms with Gasteiger partial charge in [-0.3, -0.25) is 14.5 Å². The molecule has 1 aromatic heterocycles. The number of rotatable bonds is 4. The van der Waals surface area contributed by atoms with Gasteiger partial charge in [0.25, 0.3) is 11.7 Å². The number of para-hydroxylation sites is 1. The number of H-pyrrole nitrogens is 1. The van der Waals surface area contributed by atoms with Crippen LogP contribution in [0.1, 0.15) is 43.5 Å². The van der Waals surface area contributed by atoms with E-state index in [4.69, 9.17) is 4.74 Å². The van der Waals surface area contributed by atoms with Gasteiger partial charge in [-0.05, 0) is 46.9 Å². The number of aromatic nitrogens is 1. The lowest BCUT2D eigenvalue weighted by molar-refractivity contribution is -0.132. The summed E-state index contributed by atoms with van der Waals surface area (Å²) in [5.74, 6) is -0.975. The van der Waals surface area contributed by atoms with Crippen LogP contribution in [0.2, 0.25) is 0 Å². The number of aliphatic hydroxyl groups excluding tert-OH is 1. The third kappa shape index (κ3) is 3.85. The number of nitrogens with zero attached hydrogens (tertiary/aromatic N) is 1. The Bertz CT molecular complexity index is 1490. The summed E-state index contributed by atoms with van der Waals surface area (Å²) in [6.45, 7) is 6.38. The lowest BCUT2D eigenvalue weighted by Gasteiger charge is -2.26. The van der Waals surface area contributed by atoms with Crippen LogP contribution < -0.4 is 9.64 Å². The highest BCUT2D eigenvalue weighted by molar-refractivity contribution is 6.51. The molecule has 1 fully saturated rings. The minimum atomic E-state index is -0.791. The average Bonchev–Trinajstić information content (AvgIpc) is 3.42. The molecule has 6 heteroatoms. The van der Waals surface area contributed by atoms with Crippen LogP contribution in [-0.2, 0) is 15.0 Å². The minimum absolute atomic E-state index is 0.0552. The topological polar surface area (TPSA) is 82.6 Å². The number of benzene rings is 3. The number of methoxy groups -OCH3 is 1. The molecule has 0 saturated carbocycles. The van der Waals surface area contributed by atoms with E-state index < -0.39 is 17.7 Å². The Kier molecular flexibility index (Phi) is 5.67. The molecule has 1 atom stereocenters. The molecule has 2 N–H and O–H groups in total. The number of amides is 1. The Morgan fingerprint density at radius 1 is 0.944 bits per heavy atom. The molecule has 1 unspecified atom stereocenters. The van der Waals surface area contributed by atoms with Crippen LogP contribution >= 0.6 is 0 Å². The van der Waals surface area contributed by atoms with Gasteiger partial charge in [0.2, 0.25) is 0 Å². The van der Waals surface area contributed by atoms with Gasteiger partial charge in [0.1, 0.15) is 11.5 Å². The molecule has 0 bridgehead atoms. The van der Waals surface area contributed by atoms with E-state index in [0.717, 1.165) is 22.0 Å². The summed E-state index contributed by atoms with van der Waals surface area (Å²) in [6, 6.07) is 21.6. The van der Waals surface area contributed by atoms with Crippen molar-refractivity contribution in [2.45, 2.75) is 32.2 Å². The van der Waals surface area contributed by atoms with E-state index in [1.807, 2.05) is 48.5 Å².